The molecule has 1 saturated carbocycles. The largest absolute Gasteiger partial charge is 0.413 e. The van der Waals surface area contributed by atoms with Gasteiger partial charge >= 0.3 is 0 Å². The molecule has 0 bridgehead atoms. The molecule has 0 spiro atoms. The quantitative estimate of drug-likeness (QED) is 0.289. The summed E-state index contributed by atoms with van der Waals surface area (Å²) in [6.07, 6.45) is 2.92. The molecule has 182 valence electrons. The van der Waals surface area contributed by atoms with E-state index in [0.29, 0.717) is 19.4 Å². The van der Waals surface area contributed by atoms with Crippen molar-refractivity contribution in [2.45, 2.75) is 72.6 Å². The molecule has 1 aliphatic heterocycles. The zero-order chi connectivity index (χ0) is 25.1. The van der Waals surface area contributed by atoms with Gasteiger partial charge in [0, 0.05) is 18.5 Å². The highest BCUT2D eigenvalue weighted by molar-refractivity contribution is 6.38. The van der Waals surface area contributed by atoms with Crippen molar-refractivity contribution in [2.75, 3.05) is 13.1 Å². The summed E-state index contributed by atoms with van der Waals surface area (Å²) in [6, 6.07) is -1.79. The third-order valence-electron chi connectivity index (χ3n) is 6.78. The summed E-state index contributed by atoms with van der Waals surface area (Å²) in [5, 5.41) is 14.2. The second-order valence-electron chi connectivity index (χ2n) is 10.6. The van der Waals surface area contributed by atoms with E-state index < -0.39 is 47.1 Å². The van der Waals surface area contributed by atoms with Crippen LogP contribution in [0.25, 0.3) is 0 Å². The number of nitrogens with zero attached hydrogens (tertiary/aromatic N) is 2. The first-order valence-electron chi connectivity index (χ1n) is 11.4. The van der Waals surface area contributed by atoms with Crippen molar-refractivity contribution in [3.63, 3.8) is 0 Å². The van der Waals surface area contributed by atoms with Gasteiger partial charge in [-0.05, 0) is 23.7 Å². The first kappa shape index (κ1) is 26.4. The zero-order valence-corrected chi connectivity index (χ0v) is 20.4. The summed E-state index contributed by atoms with van der Waals surface area (Å²) in [4.78, 5) is 53.1. The lowest BCUT2D eigenvalue weighted by molar-refractivity contribution is -0.152. The maximum Gasteiger partial charge on any atom is 0.289 e. The van der Waals surface area contributed by atoms with Crippen LogP contribution in [0.5, 0.6) is 0 Å². The number of hydrogen-bond donors (Lipinski definition) is 2. The molecule has 1 heterocycles. The molecule has 2 N–H and O–H groups in total. The van der Waals surface area contributed by atoms with Gasteiger partial charge in [-0.25, -0.2) is 0 Å². The minimum atomic E-state index is -1.03. The Balaban J connectivity index is 2.27. The van der Waals surface area contributed by atoms with Gasteiger partial charge in [0.05, 0.1) is 6.04 Å². The normalized spacial score (nSPS) is 24.5. The highest BCUT2D eigenvalue weighted by Crippen LogP contribution is 2.65. The number of nitrogens with one attached hydrogen (secondary N) is 2. The Kier molecular flexibility index (Phi) is 7.94. The lowest BCUT2D eigenvalue weighted by Gasteiger charge is -2.36. The molecule has 1 unspecified atom stereocenters. The van der Waals surface area contributed by atoms with E-state index in [-0.39, 0.29) is 23.8 Å². The van der Waals surface area contributed by atoms with Crippen molar-refractivity contribution in [3.05, 3.63) is 12.7 Å². The molecule has 5 atom stereocenters. The van der Waals surface area contributed by atoms with Crippen molar-refractivity contribution < 1.29 is 23.9 Å². The van der Waals surface area contributed by atoms with Crippen LogP contribution in [0.15, 0.2) is 12.7 Å². The van der Waals surface area contributed by atoms with Crippen LogP contribution in [-0.2, 0) is 23.9 Å². The molecule has 1 saturated heterocycles. The first-order valence-corrected chi connectivity index (χ1v) is 11.4. The van der Waals surface area contributed by atoms with E-state index in [0.717, 1.165) is 0 Å². The topological polar surface area (TPSA) is 129 Å². The Hall–Kier alpha value is -2.89. The van der Waals surface area contributed by atoms with Crippen LogP contribution in [0.2, 0.25) is 0 Å². The summed E-state index contributed by atoms with van der Waals surface area (Å²) in [5.41, 5.74) is -0.780. The molecule has 9 heteroatoms. The van der Waals surface area contributed by atoms with Crippen LogP contribution < -0.4 is 10.6 Å². The number of fused-ring (bicyclic) bond motifs is 1. The molecule has 33 heavy (non-hydrogen) atoms. The van der Waals surface area contributed by atoms with E-state index >= 15 is 0 Å². The zero-order valence-electron chi connectivity index (χ0n) is 20.4. The third kappa shape index (κ3) is 5.37. The Bertz CT molecular complexity index is 854. The van der Waals surface area contributed by atoms with Gasteiger partial charge in [-0.3, -0.25) is 19.2 Å². The van der Waals surface area contributed by atoms with Gasteiger partial charge in [-0.2, -0.15) is 5.26 Å². The Morgan fingerprint density at radius 3 is 2.45 bits per heavy atom. The molecule has 1 aliphatic carbocycles. The molecule has 0 aromatic carbocycles. The molecule has 3 amide bonds. The fourth-order valence-corrected chi connectivity index (χ4v) is 4.84. The average Bonchev–Trinajstić information content (AvgIpc) is 3.08. The molecule has 2 aliphatic rings. The SMILES string of the molecule is C=CCNC(=O)C(=O)C(CCC)NC(=O)[C@@H]1[C@@H]2[C@H](CN1C(=O)[C@@H](OC#N)C(C)(C)C)C2(C)C. The van der Waals surface area contributed by atoms with E-state index in [2.05, 4.69) is 31.1 Å². The van der Waals surface area contributed by atoms with Crippen LogP contribution in [0.3, 0.4) is 0 Å². The van der Waals surface area contributed by atoms with Gasteiger partial charge in [-0.1, -0.05) is 54.0 Å². The van der Waals surface area contributed by atoms with E-state index in [1.807, 2.05) is 6.92 Å². The number of likely N-dealkylation sites (tertiary alicyclic amines) is 1. The number of rotatable bonds is 10. The smallest absolute Gasteiger partial charge is 0.289 e. The molecule has 0 aromatic rings. The molecule has 0 radical (unpaired) electrons. The maximum absolute atomic E-state index is 13.4. The Morgan fingerprint density at radius 2 is 1.94 bits per heavy atom. The number of ether oxygens (including phenoxy) is 1. The van der Waals surface area contributed by atoms with Gasteiger partial charge in [0.2, 0.25) is 11.7 Å². The Labute approximate surface area is 195 Å². The van der Waals surface area contributed by atoms with Gasteiger partial charge in [0.15, 0.2) is 6.10 Å². The van der Waals surface area contributed by atoms with Gasteiger partial charge in [-0.15, -0.1) is 6.58 Å². The molecule has 0 aromatic heterocycles. The van der Waals surface area contributed by atoms with Crippen molar-refractivity contribution in [3.8, 4) is 6.26 Å². The standard InChI is InChI=1S/C24H36N4O5/c1-8-10-15(18(29)21(31)26-11-9-2)27-20(30)17-16-14(24(16,6)7)12-28(17)22(32)19(33-13-25)23(3,4)5/h9,14-17,19H,2,8,10-12H2,1,3-7H3,(H,26,31)(H,27,30)/t14-,15?,16-,17-,19+/m0/s1. The predicted molar refractivity (Wildman–Crippen MR) is 121 cm³/mol. The maximum atomic E-state index is 13.4. The number of hydrogen-bond acceptors (Lipinski definition) is 6. The van der Waals surface area contributed by atoms with Crippen LogP contribution in [0, 0.1) is 34.2 Å². The molecule has 9 nitrogen and oxygen atoms in total. The van der Waals surface area contributed by atoms with Crippen LogP contribution >= 0.6 is 0 Å². The number of Topliss-reactive ketones (excluding diaryl/α,β-unsaturated/α-hetero) is 1. The predicted octanol–water partition coefficient (Wildman–Crippen LogP) is 1.54. The molecular formula is C24H36N4O5. The van der Waals surface area contributed by atoms with Crippen molar-refractivity contribution in [1.82, 2.24) is 15.5 Å². The second kappa shape index (κ2) is 9.94. The summed E-state index contributed by atoms with van der Waals surface area (Å²) in [6.45, 7) is 15.4. The van der Waals surface area contributed by atoms with E-state index in [1.54, 1.807) is 27.0 Å². The molecular weight excluding hydrogens is 424 g/mol. The number of carbonyl (C=O) groups excluding carboxylic acids is 4. The number of nitriles is 1. The van der Waals surface area contributed by atoms with Gasteiger partial charge in [0.1, 0.15) is 6.04 Å². The van der Waals surface area contributed by atoms with Gasteiger partial charge < -0.3 is 20.3 Å². The highest BCUT2D eigenvalue weighted by atomic mass is 16.5. The van der Waals surface area contributed by atoms with Gasteiger partial charge in [0.25, 0.3) is 18.1 Å². The number of ketones is 1. The minimum absolute atomic E-state index is 0.0730. The van der Waals surface area contributed by atoms with Crippen molar-refractivity contribution in [1.29, 1.82) is 5.26 Å². The summed E-state index contributed by atoms with van der Waals surface area (Å²) in [7, 11) is 0. The molecule has 2 fully saturated rings. The summed E-state index contributed by atoms with van der Waals surface area (Å²) < 4.78 is 5.11. The fraction of sp³-hybridized carbons (Fsp3) is 0.708. The Morgan fingerprint density at radius 1 is 1.30 bits per heavy atom. The lowest BCUT2D eigenvalue weighted by atomic mass is 9.87. The van der Waals surface area contributed by atoms with Crippen LogP contribution in [0.1, 0.15) is 54.4 Å². The van der Waals surface area contributed by atoms with Crippen LogP contribution in [-0.4, -0.2) is 59.7 Å². The van der Waals surface area contributed by atoms with E-state index in [4.69, 9.17) is 10.00 Å². The number of piperidine rings is 1. The first-order chi connectivity index (χ1) is 15.3. The summed E-state index contributed by atoms with van der Waals surface area (Å²) in [5.74, 6) is -2.33. The second-order valence-corrected chi connectivity index (χ2v) is 10.6. The van der Waals surface area contributed by atoms with Crippen molar-refractivity contribution in [2.24, 2.45) is 22.7 Å². The summed E-state index contributed by atoms with van der Waals surface area (Å²) >= 11 is 0. The number of carbonyl (C=O) groups is 4. The van der Waals surface area contributed by atoms with E-state index in [9.17, 15) is 19.2 Å². The van der Waals surface area contributed by atoms with Crippen LogP contribution in [0.4, 0.5) is 0 Å². The highest BCUT2D eigenvalue weighted by Gasteiger charge is 2.70. The lowest BCUT2D eigenvalue weighted by Crippen LogP contribution is -2.57. The van der Waals surface area contributed by atoms with Crippen molar-refractivity contribution >= 4 is 23.5 Å². The minimum Gasteiger partial charge on any atom is -0.413 e. The molecule has 2 rings (SSSR count). The third-order valence-corrected chi connectivity index (χ3v) is 6.78. The monoisotopic (exact) mass is 460 g/mol. The number of amides is 3. The average molecular weight is 461 g/mol. The fourth-order valence-electron chi connectivity index (χ4n) is 4.84. The van der Waals surface area contributed by atoms with E-state index in [1.165, 1.54) is 11.0 Å².